The van der Waals surface area contributed by atoms with Gasteiger partial charge in [-0.1, -0.05) is 35.9 Å². The third kappa shape index (κ3) is 3.16. The summed E-state index contributed by atoms with van der Waals surface area (Å²) >= 11 is 6.09. The fraction of sp³-hybridized carbons (Fsp3) is 0.188. The maximum absolute atomic E-state index is 13.2. The second-order valence-electron chi connectivity index (χ2n) is 4.73. The highest BCUT2D eigenvalue weighted by Gasteiger charge is 2.38. The van der Waals surface area contributed by atoms with Crippen molar-refractivity contribution in [3.05, 3.63) is 64.9 Å². The van der Waals surface area contributed by atoms with Crippen molar-refractivity contribution in [2.75, 3.05) is 12.4 Å². The number of carbonyl (C=O) groups excluding carboxylic acids is 1. The minimum absolute atomic E-state index is 0.159. The zero-order valence-electron chi connectivity index (χ0n) is 11.7. The fourth-order valence-electron chi connectivity index (χ4n) is 2.14. The van der Waals surface area contributed by atoms with Gasteiger partial charge in [0.15, 0.2) is 5.54 Å². The number of benzene rings is 2. The Morgan fingerprint density at radius 1 is 1.24 bits per heavy atom. The molecule has 0 aliphatic carbocycles. The first-order valence-corrected chi connectivity index (χ1v) is 6.72. The van der Waals surface area contributed by atoms with Crippen molar-refractivity contribution in [2.45, 2.75) is 12.5 Å². The van der Waals surface area contributed by atoms with Gasteiger partial charge in [-0.05, 0) is 31.2 Å². The van der Waals surface area contributed by atoms with Crippen LogP contribution in [0.3, 0.4) is 0 Å². The second-order valence-corrected chi connectivity index (χ2v) is 5.14. The number of rotatable bonds is 4. The van der Waals surface area contributed by atoms with Crippen LogP contribution in [-0.2, 0) is 15.1 Å². The van der Waals surface area contributed by atoms with Crippen molar-refractivity contribution in [1.29, 1.82) is 0 Å². The van der Waals surface area contributed by atoms with Crippen LogP contribution < -0.4 is 5.32 Å². The van der Waals surface area contributed by atoms with Gasteiger partial charge in [0, 0.05) is 16.3 Å². The summed E-state index contributed by atoms with van der Waals surface area (Å²) in [5.41, 5.74) is -0.0481. The first kappa shape index (κ1) is 15.3. The Morgan fingerprint density at radius 3 is 2.48 bits per heavy atom. The molecule has 2 aromatic rings. The van der Waals surface area contributed by atoms with Gasteiger partial charge in [0.2, 0.25) is 0 Å². The Labute approximate surface area is 127 Å². The van der Waals surface area contributed by atoms with Gasteiger partial charge in [-0.3, -0.25) is 0 Å². The van der Waals surface area contributed by atoms with Gasteiger partial charge >= 0.3 is 5.97 Å². The molecule has 0 fully saturated rings. The lowest BCUT2D eigenvalue weighted by Crippen LogP contribution is -2.41. The summed E-state index contributed by atoms with van der Waals surface area (Å²) in [5, 5.41) is 3.26. The summed E-state index contributed by atoms with van der Waals surface area (Å²) in [4.78, 5) is 12.2. The van der Waals surface area contributed by atoms with E-state index in [-0.39, 0.29) is 5.02 Å². The Hall–Kier alpha value is -2.07. The molecule has 110 valence electrons. The Balaban J connectivity index is 2.49. The molecular formula is C16H15ClFNO2. The number of esters is 1. The van der Waals surface area contributed by atoms with E-state index >= 15 is 0 Å². The average molecular weight is 308 g/mol. The van der Waals surface area contributed by atoms with E-state index in [9.17, 15) is 9.18 Å². The van der Waals surface area contributed by atoms with E-state index in [4.69, 9.17) is 16.3 Å². The standard InChI is InChI=1S/C16H15ClFNO2/c1-16(15(20)21-2,19-12-6-4-3-5-7-12)13-9-8-11(18)10-14(13)17/h3-10,19H,1-2H3. The number of halogens is 2. The van der Waals surface area contributed by atoms with Crippen molar-refractivity contribution < 1.29 is 13.9 Å². The van der Waals surface area contributed by atoms with Gasteiger partial charge in [0.05, 0.1) is 7.11 Å². The minimum Gasteiger partial charge on any atom is -0.467 e. The number of carbonyl (C=O) groups is 1. The molecule has 0 spiro atoms. The lowest BCUT2D eigenvalue weighted by atomic mass is 9.91. The molecule has 1 atom stereocenters. The molecule has 21 heavy (non-hydrogen) atoms. The average Bonchev–Trinajstić information content (AvgIpc) is 2.47. The molecule has 2 aromatic carbocycles. The molecule has 5 heteroatoms. The van der Waals surface area contributed by atoms with E-state index in [2.05, 4.69) is 5.32 Å². The molecule has 0 saturated heterocycles. The SMILES string of the molecule is COC(=O)C(C)(Nc1ccccc1)c1ccc(F)cc1Cl. The van der Waals surface area contributed by atoms with Crippen molar-refractivity contribution in [3.8, 4) is 0 Å². The van der Waals surface area contributed by atoms with Gasteiger partial charge in [-0.2, -0.15) is 0 Å². The molecule has 2 rings (SSSR count). The number of hydrogen-bond acceptors (Lipinski definition) is 3. The zero-order valence-corrected chi connectivity index (χ0v) is 12.4. The van der Waals surface area contributed by atoms with Crippen LogP contribution in [0.1, 0.15) is 12.5 Å². The van der Waals surface area contributed by atoms with Crippen LogP contribution in [0.4, 0.5) is 10.1 Å². The Morgan fingerprint density at radius 2 is 1.90 bits per heavy atom. The molecule has 0 saturated carbocycles. The summed E-state index contributed by atoms with van der Waals surface area (Å²) in [6, 6.07) is 13.1. The largest absolute Gasteiger partial charge is 0.467 e. The predicted octanol–water partition coefficient (Wildman–Crippen LogP) is 3.98. The van der Waals surface area contributed by atoms with Crippen LogP contribution in [0.15, 0.2) is 48.5 Å². The molecule has 0 radical (unpaired) electrons. The third-order valence-electron chi connectivity index (χ3n) is 3.23. The predicted molar refractivity (Wildman–Crippen MR) is 80.8 cm³/mol. The highest BCUT2D eigenvalue weighted by Crippen LogP contribution is 2.33. The molecule has 3 nitrogen and oxygen atoms in total. The van der Waals surface area contributed by atoms with Crippen molar-refractivity contribution in [3.63, 3.8) is 0 Å². The Kier molecular flexibility index (Phi) is 4.48. The molecule has 0 aliphatic rings. The van der Waals surface area contributed by atoms with Crippen LogP contribution in [-0.4, -0.2) is 13.1 Å². The lowest BCUT2D eigenvalue weighted by Gasteiger charge is -2.30. The van der Waals surface area contributed by atoms with Crippen LogP contribution in [0.25, 0.3) is 0 Å². The summed E-state index contributed by atoms with van der Waals surface area (Å²) < 4.78 is 18.1. The number of para-hydroxylation sites is 1. The summed E-state index contributed by atoms with van der Waals surface area (Å²) in [7, 11) is 1.30. The van der Waals surface area contributed by atoms with E-state index in [1.165, 1.54) is 25.3 Å². The minimum atomic E-state index is -1.22. The molecule has 0 amide bonds. The van der Waals surface area contributed by atoms with Crippen molar-refractivity contribution in [1.82, 2.24) is 0 Å². The van der Waals surface area contributed by atoms with Crippen LogP contribution >= 0.6 is 11.6 Å². The van der Waals surface area contributed by atoms with Gasteiger partial charge in [0.1, 0.15) is 5.82 Å². The van der Waals surface area contributed by atoms with E-state index < -0.39 is 17.3 Å². The topological polar surface area (TPSA) is 38.3 Å². The molecular weight excluding hydrogens is 293 g/mol. The smallest absolute Gasteiger partial charge is 0.335 e. The van der Waals surface area contributed by atoms with Gasteiger partial charge in [0.25, 0.3) is 0 Å². The number of ether oxygens (including phenoxy) is 1. The van der Waals surface area contributed by atoms with Crippen LogP contribution in [0.2, 0.25) is 5.02 Å². The monoisotopic (exact) mass is 307 g/mol. The van der Waals surface area contributed by atoms with E-state index in [1.54, 1.807) is 6.92 Å². The van der Waals surface area contributed by atoms with Gasteiger partial charge in [-0.25, -0.2) is 9.18 Å². The number of methoxy groups -OCH3 is 1. The highest BCUT2D eigenvalue weighted by atomic mass is 35.5. The van der Waals surface area contributed by atoms with Gasteiger partial charge in [-0.15, -0.1) is 0 Å². The van der Waals surface area contributed by atoms with E-state index in [1.807, 2.05) is 30.3 Å². The molecule has 0 heterocycles. The highest BCUT2D eigenvalue weighted by molar-refractivity contribution is 6.31. The van der Waals surface area contributed by atoms with E-state index in [0.717, 1.165) is 5.69 Å². The summed E-state index contributed by atoms with van der Waals surface area (Å²) in [6.07, 6.45) is 0. The maximum Gasteiger partial charge on any atom is 0.335 e. The molecule has 1 N–H and O–H groups in total. The molecule has 0 bridgehead atoms. The second kappa shape index (κ2) is 6.14. The van der Waals surface area contributed by atoms with Gasteiger partial charge < -0.3 is 10.1 Å². The first-order valence-electron chi connectivity index (χ1n) is 6.34. The zero-order chi connectivity index (χ0) is 15.5. The van der Waals surface area contributed by atoms with Crippen molar-refractivity contribution in [2.24, 2.45) is 0 Å². The first-order chi connectivity index (χ1) is 9.97. The molecule has 0 aromatic heterocycles. The normalized spacial score (nSPS) is 13.3. The summed E-state index contributed by atoms with van der Waals surface area (Å²) in [5.74, 6) is -0.976. The summed E-state index contributed by atoms with van der Waals surface area (Å²) in [6.45, 7) is 1.64. The third-order valence-corrected chi connectivity index (χ3v) is 3.54. The maximum atomic E-state index is 13.2. The quantitative estimate of drug-likeness (QED) is 0.868. The Bertz CT molecular complexity index is 648. The van der Waals surface area contributed by atoms with Crippen LogP contribution in [0.5, 0.6) is 0 Å². The van der Waals surface area contributed by atoms with Crippen molar-refractivity contribution >= 4 is 23.3 Å². The van der Waals surface area contributed by atoms with E-state index in [0.29, 0.717) is 5.56 Å². The lowest BCUT2D eigenvalue weighted by molar-refractivity contribution is -0.145. The molecule has 1 unspecified atom stereocenters. The number of nitrogens with one attached hydrogen (secondary N) is 1. The fourth-order valence-corrected chi connectivity index (χ4v) is 2.49. The molecule has 0 aliphatic heterocycles. The van der Waals surface area contributed by atoms with Crippen LogP contribution in [0, 0.1) is 5.82 Å². The number of anilines is 1. The number of hydrogen-bond donors (Lipinski definition) is 1.